The summed E-state index contributed by atoms with van der Waals surface area (Å²) < 4.78 is 10.5. The maximum atomic E-state index is 5.56. The molecule has 0 saturated heterocycles. The minimum atomic E-state index is 0.192. The molecule has 3 nitrogen and oxygen atoms in total. The highest BCUT2D eigenvalue weighted by Gasteiger charge is 2.12. The molecule has 0 fully saturated rings. The molecule has 2 aromatic carbocycles. The number of hydrogen-bond acceptors (Lipinski definition) is 3. The largest absolute Gasteiger partial charge is 0.491 e. The highest BCUT2D eigenvalue weighted by atomic mass is 16.5. The quantitative estimate of drug-likeness (QED) is 0.757. The molecule has 0 aliphatic rings. The number of rotatable bonds is 7. The van der Waals surface area contributed by atoms with Crippen LogP contribution in [0.15, 0.2) is 48.5 Å². The van der Waals surface area contributed by atoms with Gasteiger partial charge in [-0.1, -0.05) is 45.0 Å². The summed E-state index contributed by atoms with van der Waals surface area (Å²) in [6, 6.07) is 16.8. The fourth-order valence-corrected chi connectivity index (χ4v) is 2.24. The van der Waals surface area contributed by atoms with Crippen molar-refractivity contribution in [3.05, 3.63) is 59.7 Å². The van der Waals surface area contributed by atoms with E-state index in [4.69, 9.17) is 9.47 Å². The van der Waals surface area contributed by atoms with Gasteiger partial charge in [0.15, 0.2) is 0 Å². The summed E-state index contributed by atoms with van der Waals surface area (Å²) in [5.74, 6) is 0.875. The first-order chi connectivity index (χ1) is 11.0. The first-order valence-electron chi connectivity index (χ1n) is 8.04. The Morgan fingerprint density at radius 3 is 2.09 bits per heavy atom. The summed E-state index contributed by atoms with van der Waals surface area (Å²) in [6.07, 6.45) is 0. The van der Waals surface area contributed by atoms with Gasteiger partial charge in [0.2, 0.25) is 0 Å². The Hall–Kier alpha value is -2.00. The van der Waals surface area contributed by atoms with E-state index in [1.165, 1.54) is 11.1 Å². The second kappa shape index (κ2) is 8.02. The lowest BCUT2D eigenvalue weighted by Gasteiger charge is -2.19. The molecule has 0 aliphatic heterocycles. The highest BCUT2D eigenvalue weighted by Crippen LogP contribution is 2.23. The first kappa shape index (κ1) is 17.4. The zero-order valence-corrected chi connectivity index (χ0v) is 14.6. The molecule has 0 aromatic heterocycles. The predicted octanol–water partition coefficient (Wildman–Crippen LogP) is 4.62. The van der Waals surface area contributed by atoms with Crippen LogP contribution in [0.4, 0.5) is 5.69 Å². The van der Waals surface area contributed by atoms with E-state index in [0.29, 0.717) is 13.2 Å². The van der Waals surface area contributed by atoms with E-state index >= 15 is 0 Å². The third-order valence-corrected chi connectivity index (χ3v) is 3.73. The van der Waals surface area contributed by atoms with E-state index in [1.807, 2.05) is 12.1 Å². The molecule has 0 atom stereocenters. The topological polar surface area (TPSA) is 30.5 Å². The van der Waals surface area contributed by atoms with Gasteiger partial charge in [0.25, 0.3) is 0 Å². The van der Waals surface area contributed by atoms with Gasteiger partial charge in [-0.05, 0) is 40.8 Å². The normalized spacial score (nSPS) is 11.3. The minimum absolute atomic E-state index is 0.192. The van der Waals surface area contributed by atoms with E-state index in [9.17, 15) is 0 Å². The maximum absolute atomic E-state index is 5.56. The Morgan fingerprint density at radius 2 is 1.52 bits per heavy atom. The predicted molar refractivity (Wildman–Crippen MR) is 96.3 cm³/mol. The van der Waals surface area contributed by atoms with Crippen molar-refractivity contribution in [1.82, 2.24) is 0 Å². The van der Waals surface area contributed by atoms with E-state index < -0.39 is 0 Å². The average Bonchev–Trinajstić information content (AvgIpc) is 2.54. The van der Waals surface area contributed by atoms with Gasteiger partial charge in [-0.3, -0.25) is 0 Å². The molecule has 0 spiro atoms. The smallest absolute Gasteiger partial charge is 0.119 e. The summed E-state index contributed by atoms with van der Waals surface area (Å²) in [4.78, 5) is 0. The molecule has 1 N–H and O–H groups in total. The summed E-state index contributed by atoms with van der Waals surface area (Å²) in [6.45, 7) is 8.67. The minimum Gasteiger partial charge on any atom is -0.491 e. The number of nitrogens with one attached hydrogen (secondary N) is 1. The third kappa shape index (κ3) is 5.61. The summed E-state index contributed by atoms with van der Waals surface area (Å²) in [5, 5.41) is 3.45. The Morgan fingerprint density at radius 1 is 0.870 bits per heavy atom. The van der Waals surface area contributed by atoms with Crippen molar-refractivity contribution in [3.63, 3.8) is 0 Å². The molecular formula is C20H27NO2. The van der Waals surface area contributed by atoms with Gasteiger partial charge < -0.3 is 14.8 Å². The molecule has 2 rings (SSSR count). The average molecular weight is 313 g/mol. The Labute approximate surface area is 139 Å². The number of anilines is 1. The van der Waals surface area contributed by atoms with Gasteiger partial charge in [-0.15, -0.1) is 0 Å². The van der Waals surface area contributed by atoms with Gasteiger partial charge in [0.1, 0.15) is 12.4 Å². The molecule has 124 valence electrons. The molecule has 0 saturated carbocycles. The van der Waals surface area contributed by atoms with Crippen LogP contribution in [0.25, 0.3) is 0 Å². The fourth-order valence-electron chi connectivity index (χ4n) is 2.24. The van der Waals surface area contributed by atoms with Crippen LogP contribution in [-0.4, -0.2) is 20.3 Å². The molecule has 0 bridgehead atoms. The molecule has 2 aromatic rings. The van der Waals surface area contributed by atoms with Gasteiger partial charge >= 0.3 is 0 Å². The van der Waals surface area contributed by atoms with E-state index in [0.717, 1.165) is 18.0 Å². The number of methoxy groups -OCH3 is 1. The number of hydrogen-bond donors (Lipinski definition) is 1. The van der Waals surface area contributed by atoms with Crippen LogP contribution < -0.4 is 10.1 Å². The van der Waals surface area contributed by atoms with E-state index in [1.54, 1.807) is 7.11 Å². The Bertz CT molecular complexity index is 583. The van der Waals surface area contributed by atoms with Gasteiger partial charge in [-0.2, -0.15) is 0 Å². The monoisotopic (exact) mass is 313 g/mol. The van der Waals surface area contributed by atoms with Crippen LogP contribution in [0.1, 0.15) is 31.9 Å². The first-order valence-corrected chi connectivity index (χ1v) is 8.04. The van der Waals surface area contributed by atoms with Gasteiger partial charge in [0.05, 0.1) is 6.61 Å². The molecular weight excluding hydrogens is 286 g/mol. The van der Waals surface area contributed by atoms with Crippen molar-refractivity contribution in [2.24, 2.45) is 0 Å². The van der Waals surface area contributed by atoms with E-state index in [2.05, 4.69) is 62.5 Å². The zero-order valence-electron chi connectivity index (χ0n) is 14.6. The Kier molecular flexibility index (Phi) is 6.05. The van der Waals surface area contributed by atoms with Crippen molar-refractivity contribution in [3.8, 4) is 5.75 Å². The molecule has 0 amide bonds. The van der Waals surface area contributed by atoms with Crippen molar-refractivity contribution in [2.45, 2.75) is 32.7 Å². The van der Waals surface area contributed by atoms with Crippen molar-refractivity contribution < 1.29 is 9.47 Å². The molecule has 0 heterocycles. The molecule has 0 aliphatic carbocycles. The highest BCUT2D eigenvalue weighted by molar-refractivity contribution is 5.46. The fraction of sp³-hybridized carbons (Fsp3) is 0.400. The van der Waals surface area contributed by atoms with Crippen LogP contribution >= 0.6 is 0 Å². The molecule has 23 heavy (non-hydrogen) atoms. The van der Waals surface area contributed by atoms with Crippen LogP contribution in [0, 0.1) is 0 Å². The Balaban J connectivity index is 1.86. The molecule has 0 unspecified atom stereocenters. The van der Waals surface area contributed by atoms with Crippen LogP contribution in [0.3, 0.4) is 0 Å². The summed E-state index contributed by atoms with van der Waals surface area (Å²) in [7, 11) is 1.67. The van der Waals surface area contributed by atoms with Crippen LogP contribution in [0.2, 0.25) is 0 Å². The SMILES string of the molecule is COCCOc1ccc(CNc2ccc(C(C)(C)C)cc2)cc1. The van der Waals surface area contributed by atoms with Crippen LogP contribution in [0.5, 0.6) is 5.75 Å². The lowest BCUT2D eigenvalue weighted by molar-refractivity contribution is 0.146. The van der Waals surface area contributed by atoms with Crippen molar-refractivity contribution in [1.29, 1.82) is 0 Å². The van der Waals surface area contributed by atoms with Gasteiger partial charge in [0, 0.05) is 19.3 Å². The lowest BCUT2D eigenvalue weighted by Crippen LogP contribution is -2.10. The second-order valence-corrected chi connectivity index (χ2v) is 6.67. The number of benzene rings is 2. The standard InChI is InChI=1S/C20H27NO2/c1-20(2,3)17-7-9-18(10-8-17)21-15-16-5-11-19(12-6-16)23-14-13-22-4/h5-12,21H,13-15H2,1-4H3. The lowest BCUT2D eigenvalue weighted by atomic mass is 9.87. The van der Waals surface area contributed by atoms with Gasteiger partial charge in [-0.25, -0.2) is 0 Å². The maximum Gasteiger partial charge on any atom is 0.119 e. The van der Waals surface area contributed by atoms with Crippen LogP contribution in [-0.2, 0) is 16.7 Å². The molecule has 0 radical (unpaired) electrons. The van der Waals surface area contributed by atoms with Crippen molar-refractivity contribution >= 4 is 5.69 Å². The van der Waals surface area contributed by atoms with E-state index in [-0.39, 0.29) is 5.41 Å². The summed E-state index contributed by atoms with van der Waals surface area (Å²) in [5.41, 5.74) is 3.90. The second-order valence-electron chi connectivity index (χ2n) is 6.67. The third-order valence-electron chi connectivity index (χ3n) is 3.73. The summed E-state index contributed by atoms with van der Waals surface area (Å²) >= 11 is 0. The molecule has 3 heteroatoms. The zero-order chi connectivity index (χ0) is 16.7. The van der Waals surface area contributed by atoms with Crippen molar-refractivity contribution in [2.75, 3.05) is 25.6 Å². The number of ether oxygens (including phenoxy) is 2.